The van der Waals surface area contributed by atoms with E-state index < -0.39 is 33.8 Å². The molecule has 0 atom stereocenters. The lowest BCUT2D eigenvalue weighted by Crippen LogP contribution is -2.54. The smallest absolute Gasteiger partial charge is 0.309 e. The Morgan fingerprint density at radius 3 is 1.92 bits per heavy atom. The zero-order valence-corrected chi connectivity index (χ0v) is 31.8. The SMILES string of the molecule is CC(C)(CC(C)(C)C(=O)C(C)(C)NCCOCCOCC(=O)C(C)(C)NCC(N)=O)C(=O)O.CCCCNC(=O)c1ccc(NCCN)cc1. The Labute approximate surface area is 298 Å². The molecule has 0 fully saturated rings. The van der Waals surface area contributed by atoms with Gasteiger partial charge in [0.15, 0.2) is 11.6 Å². The monoisotopic (exact) mass is 708 g/mol. The van der Waals surface area contributed by atoms with Crippen molar-refractivity contribution in [3.8, 4) is 0 Å². The maximum absolute atomic E-state index is 13.0. The van der Waals surface area contributed by atoms with Crippen LogP contribution in [0.25, 0.3) is 0 Å². The van der Waals surface area contributed by atoms with Gasteiger partial charge < -0.3 is 42.0 Å². The minimum atomic E-state index is -1.01. The Bertz CT molecular complexity index is 1220. The van der Waals surface area contributed by atoms with E-state index in [0.29, 0.717) is 25.3 Å². The van der Waals surface area contributed by atoms with Crippen molar-refractivity contribution in [1.29, 1.82) is 0 Å². The van der Waals surface area contributed by atoms with Crippen molar-refractivity contribution < 1.29 is 38.6 Å². The predicted molar refractivity (Wildman–Crippen MR) is 196 cm³/mol. The highest BCUT2D eigenvalue weighted by atomic mass is 16.5. The van der Waals surface area contributed by atoms with Gasteiger partial charge in [-0.25, -0.2) is 0 Å². The van der Waals surface area contributed by atoms with Gasteiger partial charge in [-0.15, -0.1) is 0 Å². The highest BCUT2D eigenvalue weighted by Gasteiger charge is 2.44. The van der Waals surface area contributed by atoms with Crippen LogP contribution >= 0.6 is 0 Å². The number of anilines is 1. The summed E-state index contributed by atoms with van der Waals surface area (Å²) in [4.78, 5) is 59.1. The van der Waals surface area contributed by atoms with Crippen LogP contribution in [0.4, 0.5) is 5.69 Å². The molecular weight excluding hydrogens is 644 g/mol. The fourth-order valence-electron chi connectivity index (χ4n) is 5.03. The van der Waals surface area contributed by atoms with E-state index in [1.165, 1.54) is 0 Å². The minimum Gasteiger partial charge on any atom is -0.481 e. The molecule has 0 bridgehead atoms. The average molecular weight is 709 g/mol. The largest absolute Gasteiger partial charge is 0.481 e. The van der Waals surface area contributed by atoms with Crippen LogP contribution in [0, 0.1) is 10.8 Å². The minimum absolute atomic E-state index is 0.0103. The molecule has 50 heavy (non-hydrogen) atoms. The van der Waals surface area contributed by atoms with Crippen molar-refractivity contribution >= 4 is 35.0 Å². The molecule has 0 unspecified atom stereocenters. The Morgan fingerprint density at radius 1 is 0.780 bits per heavy atom. The summed E-state index contributed by atoms with van der Waals surface area (Å²) in [5, 5.41) is 21.4. The third-order valence-corrected chi connectivity index (χ3v) is 7.90. The van der Waals surface area contributed by atoms with Crippen LogP contribution in [-0.4, -0.2) is 105 Å². The van der Waals surface area contributed by atoms with Crippen molar-refractivity contribution in [3.05, 3.63) is 29.8 Å². The molecule has 0 saturated carbocycles. The van der Waals surface area contributed by atoms with Crippen LogP contribution in [0.3, 0.4) is 0 Å². The van der Waals surface area contributed by atoms with Gasteiger partial charge in [0.2, 0.25) is 5.91 Å². The second kappa shape index (κ2) is 22.4. The summed E-state index contributed by atoms with van der Waals surface area (Å²) in [5.41, 5.74) is 8.54. The number of benzene rings is 1. The summed E-state index contributed by atoms with van der Waals surface area (Å²) in [5.74, 6) is -1.77. The van der Waals surface area contributed by atoms with E-state index in [9.17, 15) is 29.1 Å². The highest BCUT2D eigenvalue weighted by molar-refractivity contribution is 5.94. The molecular formula is C36H64N6O8. The third-order valence-electron chi connectivity index (χ3n) is 7.90. The van der Waals surface area contributed by atoms with Gasteiger partial charge in [-0.05, 0) is 78.6 Å². The number of carbonyl (C=O) groups is 5. The topological polar surface area (TPSA) is 224 Å². The second-order valence-electron chi connectivity index (χ2n) is 14.6. The first-order valence-corrected chi connectivity index (χ1v) is 17.2. The number of ketones is 2. The number of carbonyl (C=O) groups excluding carboxylic acids is 4. The maximum atomic E-state index is 13.0. The van der Waals surface area contributed by atoms with Crippen LogP contribution in [0.2, 0.25) is 0 Å². The molecule has 0 radical (unpaired) electrons. The van der Waals surface area contributed by atoms with E-state index in [0.717, 1.165) is 31.6 Å². The summed E-state index contributed by atoms with van der Waals surface area (Å²) in [6, 6.07) is 7.43. The Morgan fingerprint density at radius 2 is 1.38 bits per heavy atom. The number of aliphatic carboxylic acids is 1. The number of hydrogen-bond acceptors (Lipinski definition) is 11. The van der Waals surface area contributed by atoms with E-state index in [1.54, 1.807) is 55.4 Å². The fraction of sp³-hybridized carbons (Fsp3) is 0.694. The number of nitrogens with two attached hydrogens (primary N) is 2. The lowest BCUT2D eigenvalue weighted by Gasteiger charge is -2.37. The number of rotatable bonds is 25. The van der Waals surface area contributed by atoms with Crippen molar-refractivity contribution in [1.82, 2.24) is 16.0 Å². The molecule has 0 aliphatic heterocycles. The highest BCUT2D eigenvalue weighted by Crippen LogP contribution is 2.37. The van der Waals surface area contributed by atoms with Crippen molar-refractivity contribution in [3.63, 3.8) is 0 Å². The number of carboxylic acids is 1. The molecule has 0 aliphatic rings. The van der Waals surface area contributed by atoms with E-state index in [2.05, 4.69) is 28.2 Å². The van der Waals surface area contributed by atoms with Crippen molar-refractivity contribution in [2.24, 2.45) is 22.3 Å². The van der Waals surface area contributed by atoms with Crippen LogP contribution in [0.1, 0.15) is 91.9 Å². The molecule has 0 aliphatic carbocycles. The van der Waals surface area contributed by atoms with Gasteiger partial charge in [-0.3, -0.25) is 29.3 Å². The van der Waals surface area contributed by atoms with E-state index in [4.69, 9.17) is 20.9 Å². The predicted octanol–water partition coefficient (Wildman–Crippen LogP) is 2.49. The van der Waals surface area contributed by atoms with Crippen LogP contribution in [0.15, 0.2) is 24.3 Å². The zero-order chi connectivity index (χ0) is 38.6. The van der Waals surface area contributed by atoms with Gasteiger partial charge in [0, 0.05) is 42.8 Å². The number of hydrogen-bond donors (Lipinski definition) is 7. The Balaban J connectivity index is 0.00000117. The number of amides is 2. The molecule has 286 valence electrons. The number of primary amides is 1. The second-order valence-corrected chi connectivity index (χ2v) is 14.6. The standard InChI is InChI=1S/C23H43N3O7.C13H21N3O/c1-20(2,15-21(3,4)19(30)31)18(29)23(7,8)25-9-10-32-11-12-33-14-16(27)22(5,6)26-13-17(24)28;1-2-3-9-16-13(17)11-4-6-12(7-5-11)15-10-8-14/h25-26H,9-15H2,1-8H3,(H2,24,28)(H,30,31);4-7,15H,2-3,8-10,14H2,1H3,(H,16,17). The van der Waals surface area contributed by atoms with Crippen LogP contribution < -0.4 is 32.7 Å². The number of ether oxygens (including phenoxy) is 2. The van der Waals surface area contributed by atoms with Crippen LogP contribution in [0.5, 0.6) is 0 Å². The molecule has 1 rings (SSSR count). The van der Waals surface area contributed by atoms with E-state index >= 15 is 0 Å². The first-order valence-electron chi connectivity index (χ1n) is 17.2. The van der Waals surface area contributed by atoms with Gasteiger partial charge in [-0.1, -0.05) is 27.2 Å². The van der Waals surface area contributed by atoms with Gasteiger partial charge in [0.1, 0.15) is 6.61 Å². The van der Waals surface area contributed by atoms with Gasteiger partial charge in [0.05, 0.1) is 42.9 Å². The number of carboxylic acid groups (broad SMARTS) is 1. The van der Waals surface area contributed by atoms with Gasteiger partial charge >= 0.3 is 5.97 Å². The lowest BCUT2D eigenvalue weighted by molar-refractivity contribution is -0.150. The summed E-state index contributed by atoms with van der Waals surface area (Å²) in [6.45, 7) is 18.8. The molecule has 0 aromatic heterocycles. The Kier molecular flexibility index (Phi) is 20.9. The van der Waals surface area contributed by atoms with Gasteiger partial charge in [-0.2, -0.15) is 0 Å². The Hall–Kier alpha value is -3.43. The average Bonchev–Trinajstić information content (AvgIpc) is 3.03. The molecule has 2 amide bonds. The number of nitrogens with one attached hydrogen (secondary N) is 4. The fourth-order valence-corrected chi connectivity index (χ4v) is 5.03. The first kappa shape index (κ1) is 46.6. The van der Waals surface area contributed by atoms with Crippen molar-refractivity contribution in [2.75, 3.05) is 64.5 Å². The molecule has 14 nitrogen and oxygen atoms in total. The quantitative estimate of drug-likeness (QED) is 0.0728. The maximum Gasteiger partial charge on any atom is 0.309 e. The third kappa shape index (κ3) is 18.5. The zero-order valence-electron chi connectivity index (χ0n) is 31.8. The summed E-state index contributed by atoms with van der Waals surface area (Å²) in [7, 11) is 0. The van der Waals surface area contributed by atoms with Crippen molar-refractivity contribution in [2.45, 2.75) is 92.7 Å². The number of unbranched alkanes of at least 4 members (excludes halogenated alkanes) is 1. The van der Waals surface area contributed by atoms with Crippen LogP contribution in [-0.2, 0) is 28.7 Å². The molecule has 0 heterocycles. The molecule has 0 spiro atoms. The van der Waals surface area contributed by atoms with Gasteiger partial charge in [0.25, 0.3) is 5.91 Å². The summed E-state index contributed by atoms with van der Waals surface area (Å²) in [6.07, 6.45) is 2.32. The molecule has 1 aromatic rings. The van der Waals surface area contributed by atoms with E-state index in [1.807, 2.05) is 24.3 Å². The molecule has 9 N–H and O–H groups in total. The summed E-state index contributed by atoms with van der Waals surface area (Å²) < 4.78 is 10.8. The normalized spacial score (nSPS) is 12.0. The number of Topliss-reactive ketones (excluding diaryl/α,β-unsaturated/α-hetero) is 2. The molecule has 0 saturated heterocycles. The molecule has 14 heteroatoms. The van der Waals surface area contributed by atoms with E-state index in [-0.39, 0.29) is 50.3 Å². The first-order chi connectivity index (χ1) is 23.1. The lowest BCUT2D eigenvalue weighted by atomic mass is 9.69. The molecule has 1 aromatic carbocycles. The summed E-state index contributed by atoms with van der Waals surface area (Å²) >= 11 is 0.